The minimum Gasteiger partial charge on any atom is -0.392 e. The van der Waals surface area contributed by atoms with E-state index in [0.29, 0.717) is 6.07 Å². The number of hydrogen-bond acceptors (Lipinski definition) is 3. The number of nitrogens with one attached hydrogen (secondary N) is 1. The number of hydrogen-bond donors (Lipinski definition) is 2. The van der Waals surface area contributed by atoms with Crippen LogP contribution in [0.4, 0.5) is 18.9 Å². The van der Waals surface area contributed by atoms with Crippen molar-refractivity contribution in [3.8, 4) is 0 Å². The molecule has 1 rings (SSSR count). The average molecular weight is 347 g/mol. The highest BCUT2D eigenvalue weighted by Crippen LogP contribution is 2.37. The van der Waals surface area contributed by atoms with Crippen LogP contribution in [0.5, 0.6) is 0 Å². The van der Waals surface area contributed by atoms with Gasteiger partial charge < -0.3 is 5.73 Å². The summed E-state index contributed by atoms with van der Waals surface area (Å²) < 4.78 is 63.9. The number of thiocarbonyl (C=S) groups is 1. The van der Waals surface area contributed by atoms with Crippen LogP contribution in [-0.4, -0.2) is 18.7 Å². The third-order valence-corrected chi connectivity index (χ3v) is 4.83. The van der Waals surface area contributed by atoms with Crippen LogP contribution >= 0.6 is 23.8 Å². The molecule has 0 aliphatic rings. The van der Waals surface area contributed by atoms with Crippen molar-refractivity contribution >= 4 is 44.5 Å². The largest absolute Gasteiger partial charge is 0.418 e. The van der Waals surface area contributed by atoms with E-state index >= 15 is 0 Å². The maximum atomic E-state index is 12.8. The third-order valence-electron chi connectivity index (χ3n) is 2.41. The van der Waals surface area contributed by atoms with Crippen LogP contribution < -0.4 is 10.5 Å². The molecule has 1 unspecified atom stereocenters. The fourth-order valence-electron chi connectivity index (χ4n) is 1.23. The molecule has 112 valence electrons. The van der Waals surface area contributed by atoms with Gasteiger partial charge in [-0.05, 0) is 25.1 Å². The number of sulfonamides is 1. The standard InChI is InChI=1S/C10H10ClF3N2O2S2/c1-5(9(15)19)20(17,18)16-8-3-2-6(11)4-7(8)10(12,13)14/h2-5,16H,1H3,(H2,15,19). The molecule has 0 aliphatic carbocycles. The van der Waals surface area contributed by atoms with Gasteiger partial charge in [-0.15, -0.1) is 0 Å². The Hall–Kier alpha value is -1.06. The van der Waals surface area contributed by atoms with Crippen molar-refractivity contribution in [2.75, 3.05) is 4.72 Å². The number of benzene rings is 1. The molecule has 0 fully saturated rings. The predicted molar refractivity (Wildman–Crippen MR) is 75.2 cm³/mol. The van der Waals surface area contributed by atoms with E-state index in [1.54, 1.807) is 0 Å². The second-order valence-electron chi connectivity index (χ2n) is 3.88. The van der Waals surface area contributed by atoms with Gasteiger partial charge in [0.05, 0.1) is 16.2 Å². The zero-order chi connectivity index (χ0) is 15.7. The van der Waals surface area contributed by atoms with Gasteiger partial charge in [0.25, 0.3) is 0 Å². The average Bonchev–Trinajstić information content (AvgIpc) is 2.28. The zero-order valence-corrected chi connectivity index (χ0v) is 12.4. The highest BCUT2D eigenvalue weighted by atomic mass is 35.5. The van der Waals surface area contributed by atoms with E-state index < -0.39 is 32.7 Å². The summed E-state index contributed by atoms with van der Waals surface area (Å²) in [5.74, 6) is 0. The van der Waals surface area contributed by atoms with Gasteiger partial charge in [0, 0.05) is 5.02 Å². The molecule has 0 saturated carbocycles. The molecule has 0 spiro atoms. The van der Waals surface area contributed by atoms with E-state index in [1.807, 2.05) is 4.72 Å². The summed E-state index contributed by atoms with van der Waals surface area (Å²) in [5, 5.41) is -1.48. The van der Waals surface area contributed by atoms with Gasteiger partial charge in [-0.2, -0.15) is 13.2 Å². The Kier molecular flexibility index (Phi) is 4.88. The Bertz CT molecular complexity index is 632. The Labute approximate surface area is 124 Å². The molecule has 3 N–H and O–H groups in total. The van der Waals surface area contributed by atoms with Crippen molar-refractivity contribution in [1.29, 1.82) is 0 Å². The Balaban J connectivity index is 3.26. The molecule has 4 nitrogen and oxygen atoms in total. The van der Waals surface area contributed by atoms with Crippen LogP contribution in [0.25, 0.3) is 0 Å². The molecule has 0 amide bonds. The van der Waals surface area contributed by atoms with Crippen molar-refractivity contribution in [2.24, 2.45) is 5.73 Å². The van der Waals surface area contributed by atoms with Crippen LogP contribution in [0.15, 0.2) is 18.2 Å². The van der Waals surface area contributed by atoms with E-state index in [0.717, 1.165) is 12.1 Å². The van der Waals surface area contributed by atoms with Crippen LogP contribution in [0, 0.1) is 0 Å². The number of anilines is 1. The third kappa shape index (κ3) is 3.97. The number of alkyl halides is 3. The maximum Gasteiger partial charge on any atom is 0.418 e. The Morgan fingerprint density at radius 3 is 2.45 bits per heavy atom. The Morgan fingerprint density at radius 1 is 1.45 bits per heavy atom. The van der Waals surface area contributed by atoms with Crippen LogP contribution in [-0.2, 0) is 16.2 Å². The fraction of sp³-hybridized carbons (Fsp3) is 0.300. The maximum absolute atomic E-state index is 12.8. The van der Waals surface area contributed by atoms with Crippen LogP contribution in [0.1, 0.15) is 12.5 Å². The molecule has 0 aliphatic heterocycles. The normalized spacial score (nSPS) is 13.8. The van der Waals surface area contributed by atoms with E-state index in [9.17, 15) is 21.6 Å². The van der Waals surface area contributed by atoms with Crippen molar-refractivity contribution in [3.05, 3.63) is 28.8 Å². The van der Waals surface area contributed by atoms with Gasteiger partial charge in [-0.3, -0.25) is 4.72 Å². The van der Waals surface area contributed by atoms with Crippen LogP contribution in [0.3, 0.4) is 0 Å². The van der Waals surface area contributed by atoms with Gasteiger partial charge in [0.15, 0.2) is 0 Å². The highest BCUT2D eigenvalue weighted by Gasteiger charge is 2.35. The lowest BCUT2D eigenvalue weighted by atomic mass is 10.2. The van der Waals surface area contributed by atoms with E-state index in [2.05, 4.69) is 12.2 Å². The molecule has 0 saturated heterocycles. The van der Waals surface area contributed by atoms with E-state index in [4.69, 9.17) is 17.3 Å². The molecule has 10 heteroatoms. The molecule has 20 heavy (non-hydrogen) atoms. The van der Waals surface area contributed by atoms with Gasteiger partial charge in [0.1, 0.15) is 5.25 Å². The second-order valence-corrected chi connectivity index (χ2v) is 6.79. The second kappa shape index (κ2) is 5.74. The van der Waals surface area contributed by atoms with Crippen molar-refractivity contribution in [3.63, 3.8) is 0 Å². The van der Waals surface area contributed by atoms with E-state index in [-0.39, 0.29) is 10.0 Å². The zero-order valence-electron chi connectivity index (χ0n) is 10.0. The molecule has 1 aromatic carbocycles. The van der Waals surface area contributed by atoms with Crippen LogP contribution in [0.2, 0.25) is 5.02 Å². The monoisotopic (exact) mass is 346 g/mol. The minimum absolute atomic E-state index is 0.164. The topological polar surface area (TPSA) is 72.2 Å². The lowest BCUT2D eigenvalue weighted by Crippen LogP contribution is -2.36. The van der Waals surface area contributed by atoms with Crippen molar-refractivity contribution < 1.29 is 21.6 Å². The summed E-state index contributed by atoms with van der Waals surface area (Å²) in [6.45, 7) is 1.17. The van der Waals surface area contributed by atoms with E-state index in [1.165, 1.54) is 6.92 Å². The lowest BCUT2D eigenvalue weighted by molar-refractivity contribution is -0.136. The molecular formula is C10H10ClF3N2O2S2. The van der Waals surface area contributed by atoms with Gasteiger partial charge in [0.2, 0.25) is 10.0 Å². The molecule has 1 aromatic rings. The summed E-state index contributed by atoms with van der Waals surface area (Å²) in [6, 6.07) is 2.69. The van der Waals surface area contributed by atoms with Gasteiger partial charge >= 0.3 is 6.18 Å². The van der Waals surface area contributed by atoms with Gasteiger partial charge in [-0.1, -0.05) is 23.8 Å². The van der Waals surface area contributed by atoms with Crippen molar-refractivity contribution in [2.45, 2.75) is 18.3 Å². The first kappa shape index (κ1) is 17.0. The summed E-state index contributed by atoms with van der Waals surface area (Å²) in [6.07, 6.45) is -4.75. The molecule has 0 bridgehead atoms. The molecule has 0 heterocycles. The first-order chi connectivity index (χ1) is 8.95. The number of nitrogens with two attached hydrogens (primary N) is 1. The first-order valence-electron chi connectivity index (χ1n) is 5.13. The minimum atomic E-state index is -4.75. The smallest absolute Gasteiger partial charge is 0.392 e. The highest BCUT2D eigenvalue weighted by molar-refractivity contribution is 7.95. The van der Waals surface area contributed by atoms with Gasteiger partial charge in [-0.25, -0.2) is 8.42 Å². The Morgan fingerprint density at radius 2 is 2.00 bits per heavy atom. The number of rotatable bonds is 4. The molecular weight excluding hydrogens is 337 g/mol. The van der Waals surface area contributed by atoms with Crippen molar-refractivity contribution in [1.82, 2.24) is 0 Å². The first-order valence-corrected chi connectivity index (χ1v) is 7.46. The quantitative estimate of drug-likeness (QED) is 0.822. The summed E-state index contributed by atoms with van der Waals surface area (Å²) in [4.78, 5) is -0.347. The summed E-state index contributed by atoms with van der Waals surface area (Å²) >= 11 is 10.0. The number of halogens is 4. The SMILES string of the molecule is CC(C(N)=S)S(=O)(=O)Nc1ccc(Cl)cc1C(F)(F)F. The molecule has 0 radical (unpaired) electrons. The predicted octanol–water partition coefficient (Wildman–Crippen LogP) is 2.78. The molecule has 1 atom stereocenters. The summed E-state index contributed by atoms with van der Waals surface area (Å²) in [5.41, 5.74) is 3.37. The molecule has 0 aromatic heterocycles. The summed E-state index contributed by atoms with van der Waals surface area (Å²) in [7, 11) is -4.17. The fourth-order valence-corrected chi connectivity index (χ4v) is 2.75. The lowest BCUT2D eigenvalue weighted by Gasteiger charge is -2.17.